The lowest BCUT2D eigenvalue weighted by atomic mass is 10.2. The molecule has 0 saturated carbocycles. The fourth-order valence-corrected chi connectivity index (χ4v) is 2.65. The van der Waals surface area contributed by atoms with Crippen molar-refractivity contribution in [1.82, 2.24) is 14.8 Å². The monoisotopic (exact) mass is 339 g/mol. The van der Waals surface area contributed by atoms with Crippen molar-refractivity contribution in [3.05, 3.63) is 71.8 Å². The zero-order chi connectivity index (χ0) is 17.6. The summed E-state index contributed by atoms with van der Waals surface area (Å²) in [5.41, 5.74) is 1.32. The Morgan fingerprint density at radius 2 is 1.68 bits per heavy atom. The summed E-state index contributed by atoms with van der Waals surface area (Å²) in [6.07, 6.45) is 6.31. The summed E-state index contributed by atoms with van der Waals surface area (Å²) in [4.78, 5) is 32.0. The van der Waals surface area contributed by atoms with Gasteiger partial charge in [0.15, 0.2) is 0 Å². The van der Waals surface area contributed by atoms with Gasteiger partial charge in [0, 0.05) is 44.6 Å². The summed E-state index contributed by atoms with van der Waals surface area (Å²) in [7, 11) is 0. The van der Waals surface area contributed by atoms with Crippen molar-refractivity contribution in [3.63, 3.8) is 0 Å². The lowest BCUT2D eigenvalue weighted by Gasteiger charge is -2.34. The molecule has 1 aliphatic rings. The molecule has 25 heavy (non-hydrogen) atoms. The third kappa shape index (κ3) is 4.29. The van der Waals surface area contributed by atoms with Crippen LogP contribution in [0.5, 0.6) is 0 Å². The number of rotatable bonds is 3. The molecule has 1 aliphatic heterocycles. The van der Waals surface area contributed by atoms with Crippen LogP contribution < -0.4 is 0 Å². The van der Waals surface area contributed by atoms with Gasteiger partial charge in [-0.15, -0.1) is 0 Å². The largest absolute Gasteiger partial charge is 0.336 e. The van der Waals surface area contributed by atoms with Crippen molar-refractivity contribution in [3.8, 4) is 0 Å². The second kappa shape index (κ2) is 7.70. The number of piperazine rings is 1. The van der Waals surface area contributed by atoms with Crippen molar-refractivity contribution in [2.24, 2.45) is 0 Å². The molecule has 2 heterocycles. The molecule has 0 spiro atoms. The highest BCUT2D eigenvalue weighted by Crippen LogP contribution is 2.10. The third-order valence-corrected chi connectivity index (χ3v) is 4.08. The molecule has 1 fully saturated rings. The van der Waals surface area contributed by atoms with Crippen LogP contribution in [-0.2, 0) is 4.79 Å². The second-order valence-electron chi connectivity index (χ2n) is 5.74. The topological polar surface area (TPSA) is 53.5 Å². The highest BCUT2D eigenvalue weighted by atomic mass is 19.1. The van der Waals surface area contributed by atoms with Gasteiger partial charge in [0.2, 0.25) is 5.91 Å². The summed E-state index contributed by atoms with van der Waals surface area (Å²) < 4.78 is 12.9. The maximum Gasteiger partial charge on any atom is 0.255 e. The predicted molar refractivity (Wildman–Crippen MR) is 92.2 cm³/mol. The van der Waals surface area contributed by atoms with Gasteiger partial charge >= 0.3 is 0 Å². The van der Waals surface area contributed by atoms with E-state index in [4.69, 9.17) is 0 Å². The van der Waals surface area contributed by atoms with E-state index < -0.39 is 0 Å². The molecule has 2 aromatic rings. The zero-order valence-corrected chi connectivity index (χ0v) is 13.6. The fraction of sp³-hybridized carbons (Fsp3) is 0.211. The van der Waals surface area contributed by atoms with Crippen molar-refractivity contribution in [1.29, 1.82) is 0 Å². The zero-order valence-electron chi connectivity index (χ0n) is 13.6. The molecular formula is C19H18FN3O2. The van der Waals surface area contributed by atoms with Crippen LogP contribution in [0, 0.1) is 5.82 Å². The minimum absolute atomic E-state index is 0.0675. The number of halogens is 1. The van der Waals surface area contributed by atoms with Crippen LogP contribution in [0.1, 0.15) is 15.9 Å². The van der Waals surface area contributed by atoms with Crippen molar-refractivity contribution in [2.45, 2.75) is 0 Å². The standard InChI is InChI=1S/C19H18FN3O2/c20-17-6-3-15(4-7-17)5-8-18(24)22-10-12-23(13-11-22)19(25)16-2-1-9-21-14-16/h1-9,14H,10-13H2/b8-5+. The first-order valence-corrected chi connectivity index (χ1v) is 8.05. The lowest BCUT2D eigenvalue weighted by Crippen LogP contribution is -2.50. The molecule has 1 aromatic carbocycles. The first-order valence-electron chi connectivity index (χ1n) is 8.05. The van der Waals surface area contributed by atoms with Gasteiger partial charge < -0.3 is 9.80 Å². The number of carbonyl (C=O) groups excluding carboxylic acids is 2. The molecule has 3 rings (SSSR count). The van der Waals surface area contributed by atoms with E-state index in [2.05, 4.69) is 4.98 Å². The molecule has 0 bridgehead atoms. The maximum atomic E-state index is 12.9. The van der Waals surface area contributed by atoms with Crippen LogP contribution in [0.15, 0.2) is 54.9 Å². The number of aromatic nitrogens is 1. The normalized spacial score (nSPS) is 14.8. The van der Waals surface area contributed by atoms with Crippen LogP contribution in [0.3, 0.4) is 0 Å². The Morgan fingerprint density at radius 3 is 2.32 bits per heavy atom. The lowest BCUT2D eigenvalue weighted by molar-refractivity contribution is -0.127. The van der Waals surface area contributed by atoms with Crippen molar-refractivity contribution in [2.75, 3.05) is 26.2 Å². The summed E-state index contributed by atoms with van der Waals surface area (Å²) in [5, 5.41) is 0. The summed E-state index contributed by atoms with van der Waals surface area (Å²) >= 11 is 0. The van der Waals surface area contributed by atoms with Gasteiger partial charge in [-0.1, -0.05) is 12.1 Å². The molecule has 6 heteroatoms. The third-order valence-electron chi connectivity index (χ3n) is 4.08. The minimum atomic E-state index is -0.308. The molecule has 1 aromatic heterocycles. The van der Waals surface area contributed by atoms with Crippen LogP contribution >= 0.6 is 0 Å². The predicted octanol–water partition coefficient (Wildman–Crippen LogP) is 2.22. The first kappa shape index (κ1) is 16.8. The smallest absolute Gasteiger partial charge is 0.255 e. The highest BCUT2D eigenvalue weighted by Gasteiger charge is 2.23. The number of amides is 2. The number of carbonyl (C=O) groups is 2. The van der Waals surface area contributed by atoms with E-state index in [1.807, 2.05) is 0 Å². The number of nitrogens with zero attached hydrogens (tertiary/aromatic N) is 3. The minimum Gasteiger partial charge on any atom is -0.336 e. The van der Waals surface area contributed by atoms with Crippen molar-refractivity contribution >= 4 is 17.9 Å². The molecule has 0 unspecified atom stereocenters. The number of benzene rings is 1. The summed E-state index contributed by atoms with van der Waals surface area (Å²) in [6.45, 7) is 1.95. The Kier molecular flexibility index (Phi) is 5.18. The molecular weight excluding hydrogens is 321 g/mol. The Hall–Kier alpha value is -3.02. The van der Waals surface area contributed by atoms with Gasteiger partial charge in [-0.3, -0.25) is 14.6 Å². The van der Waals surface area contributed by atoms with E-state index in [9.17, 15) is 14.0 Å². The van der Waals surface area contributed by atoms with Gasteiger partial charge in [-0.2, -0.15) is 0 Å². The van der Waals surface area contributed by atoms with E-state index in [-0.39, 0.29) is 17.6 Å². The number of hydrogen-bond donors (Lipinski definition) is 0. The maximum absolute atomic E-state index is 12.9. The van der Waals surface area contributed by atoms with Gasteiger partial charge in [-0.25, -0.2) is 4.39 Å². The Bertz CT molecular complexity index is 767. The van der Waals surface area contributed by atoms with Crippen LogP contribution in [0.4, 0.5) is 4.39 Å². The molecule has 0 radical (unpaired) electrons. The van der Waals surface area contributed by atoms with E-state index >= 15 is 0 Å². The van der Waals surface area contributed by atoms with Crippen molar-refractivity contribution < 1.29 is 14.0 Å². The quantitative estimate of drug-likeness (QED) is 0.806. The van der Waals surface area contributed by atoms with Crippen LogP contribution in [0.25, 0.3) is 6.08 Å². The summed E-state index contributed by atoms with van der Waals surface area (Å²) in [5.74, 6) is -0.488. The first-order chi connectivity index (χ1) is 12.1. The molecule has 5 nitrogen and oxygen atoms in total. The van der Waals surface area contributed by atoms with Gasteiger partial charge in [0.05, 0.1) is 5.56 Å². The molecule has 0 N–H and O–H groups in total. The van der Waals surface area contributed by atoms with E-state index in [1.165, 1.54) is 18.2 Å². The second-order valence-corrected chi connectivity index (χ2v) is 5.74. The average molecular weight is 339 g/mol. The molecule has 128 valence electrons. The number of hydrogen-bond acceptors (Lipinski definition) is 3. The highest BCUT2D eigenvalue weighted by molar-refractivity contribution is 5.94. The molecule has 0 atom stereocenters. The van der Waals surface area contributed by atoms with Gasteiger partial charge in [0.1, 0.15) is 5.82 Å². The Morgan fingerprint density at radius 1 is 1.00 bits per heavy atom. The molecule has 2 amide bonds. The van der Waals surface area contributed by atoms with E-state index in [0.29, 0.717) is 31.7 Å². The van der Waals surface area contributed by atoms with Crippen LogP contribution in [-0.4, -0.2) is 52.8 Å². The Labute approximate surface area is 145 Å². The average Bonchev–Trinajstić information content (AvgIpc) is 2.67. The van der Waals surface area contributed by atoms with E-state index in [1.54, 1.807) is 52.5 Å². The fourth-order valence-electron chi connectivity index (χ4n) is 2.65. The van der Waals surface area contributed by atoms with Gasteiger partial charge in [0.25, 0.3) is 5.91 Å². The number of pyridine rings is 1. The molecule has 1 saturated heterocycles. The SMILES string of the molecule is O=C(/C=C/c1ccc(F)cc1)N1CCN(C(=O)c2cccnc2)CC1. The molecule has 0 aliphatic carbocycles. The van der Waals surface area contributed by atoms with Gasteiger partial charge in [-0.05, 0) is 35.9 Å². The Balaban J connectivity index is 1.54. The summed E-state index contributed by atoms with van der Waals surface area (Å²) in [6, 6.07) is 9.40. The van der Waals surface area contributed by atoms with E-state index in [0.717, 1.165) is 5.56 Å². The van der Waals surface area contributed by atoms with Crippen LogP contribution in [0.2, 0.25) is 0 Å².